The molecule has 1 heterocycles. The number of Topliss-reactive ketones (excluding diaryl/α,β-unsaturated/α-hetero) is 1. The van der Waals surface area contributed by atoms with Gasteiger partial charge < -0.3 is 0 Å². The van der Waals surface area contributed by atoms with Crippen LogP contribution in [0.5, 0.6) is 0 Å². The molecule has 13 heavy (non-hydrogen) atoms. The zero-order valence-electron chi connectivity index (χ0n) is 7.75. The normalized spacial score (nSPS) is 10.5. The van der Waals surface area contributed by atoms with Crippen molar-refractivity contribution in [3.8, 4) is 0 Å². The number of halogens is 1. The largest absolute Gasteiger partial charge is 0.299 e. The molecule has 0 aliphatic heterocycles. The van der Waals surface area contributed by atoms with Crippen LogP contribution >= 0.6 is 0 Å². The van der Waals surface area contributed by atoms with Gasteiger partial charge in [0, 0.05) is 12.1 Å². The average Bonchev–Trinajstić information content (AvgIpc) is 2.08. The van der Waals surface area contributed by atoms with Gasteiger partial charge in [0.2, 0.25) is 0 Å². The van der Waals surface area contributed by atoms with Gasteiger partial charge in [0.25, 0.3) is 0 Å². The van der Waals surface area contributed by atoms with E-state index in [1.165, 1.54) is 18.3 Å². The Labute approximate surface area is 76.8 Å². The van der Waals surface area contributed by atoms with Crippen LogP contribution in [0, 0.1) is 11.7 Å². The lowest BCUT2D eigenvalue weighted by Gasteiger charge is -2.03. The first-order valence-corrected chi connectivity index (χ1v) is 4.23. The number of pyridine rings is 1. The Kier molecular flexibility index (Phi) is 3.12. The lowest BCUT2D eigenvalue weighted by atomic mass is 10.0. The summed E-state index contributed by atoms with van der Waals surface area (Å²) in [4.78, 5) is 15.1. The van der Waals surface area contributed by atoms with Crippen molar-refractivity contribution in [1.29, 1.82) is 0 Å². The molecule has 1 rings (SSSR count). The van der Waals surface area contributed by atoms with Gasteiger partial charge in [0.1, 0.15) is 11.6 Å². The van der Waals surface area contributed by atoms with Crippen molar-refractivity contribution in [1.82, 2.24) is 4.98 Å². The van der Waals surface area contributed by atoms with E-state index in [0.29, 0.717) is 0 Å². The van der Waals surface area contributed by atoms with Gasteiger partial charge in [-0.05, 0) is 12.1 Å². The third-order valence-corrected chi connectivity index (χ3v) is 1.82. The summed E-state index contributed by atoms with van der Waals surface area (Å²) in [7, 11) is 0. The van der Waals surface area contributed by atoms with E-state index in [9.17, 15) is 9.18 Å². The van der Waals surface area contributed by atoms with Gasteiger partial charge >= 0.3 is 0 Å². The van der Waals surface area contributed by atoms with Crippen molar-refractivity contribution in [2.24, 2.45) is 5.92 Å². The highest BCUT2D eigenvalue weighted by Crippen LogP contribution is 2.06. The number of carbonyl (C=O) groups excluding carboxylic acids is 1. The van der Waals surface area contributed by atoms with Crippen molar-refractivity contribution >= 4 is 5.78 Å². The van der Waals surface area contributed by atoms with Crippen LogP contribution in [0.3, 0.4) is 0 Å². The topological polar surface area (TPSA) is 30.0 Å². The van der Waals surface area contributed by atoms with Gasteiger partial charge in [-0.2, -0.15) is 0 Å². The summed E-state index contributed by atoms with van der Waals surface area (Å²) in [5.41, 5.74) is 0.237. The van der Waals surface area contributed by atoms with Gasteiger partial charge in [0.15, 0.2) is 0 Å². The molecule has 0 N–H and O–H groups in total. The SMILES string of the molecule is CC(C)C(=O)Cc1ncccc1F. The first-order valence-electron chi connectivity index (χ1n) is 4.23. The summed E-state index contributed by atoms with van der Waals surface area (Å²) in [5.74, 6) is -0.462. The van der Waals surface area contributed by atoms with Gasteiger partial charge in [-0.25, -0.2) is 4.39 Å². The molecule has 0 atom stereocenters. The second-order valence-electron chi connectivity index (χ2n) is 3.23. The quantitative estimate of drug-likeness (QED) is 0.713. The van der Waals surface area contributed by atoms with Crippen LogP contribution in [0.25, 0.3) is 0 Å². The minimum atomic E-state index is -0.406. The minimum Gasteiger partial charge on any atom is -0.299 e. The van der Waals surface area contributed by atoms with E-state index >= 15 is 0 Å². The summed E-state index contributed by atoms with van der Waals surface area (Å²) in [6.07, 6.45) is 1.58. The number of rotatable bonds is 3. The predicted molar refractivity (Wildman–Crippen MR) is 47.7 cm³/mol. The number of hydrogen-bond acceptors (Lipinski definition) is 2. The second kappa shape index (κ2) is 4.12. The Morgan fingerprint density at radius 3 is 2.85 bits per heavy atom. The van der Waals surface area contributed by atoms with E-state index in [1.54, 1.807) is 13.8 Å². The molecule has 0 aromatic carbocycles. The van der Waals surface area contributed by atoms with Crippen LogP contribution in [0.4, 0.5) is 4.39 Å². The first-order chi connectivity index (χ1) is 6.11. The van der Waals surface area contributed by atoms with E-state index in [4.69, 9.17) is 0 Å². The van der Waals surface area contributed by atoms with E-state index < -0.39 is 5.82 Å². The lowest BCUT2D eigenvalue weighted by molar-refractivity contribution is -0.121. The Morgan fingerprint density at radius 2 is 2.31 bits per heavy atom. The predicted octanol–water partition coefficient (Wildman–Crippen LogP) is 1.99. The van der Waals surface area contributed by atoms with Gasteiger partial charge in [-0.3, -0.25) is 9.78 Å². The molecule has 0 amide bonds. The third kappa shape index (κ3) is 2.61. The number of carbonyl (C=O) groups is 1. The lowest BCUT2D eigenvalue weighted by Crippen LogP contribution is -2.12. The molecule has 0 aliphatic carbocycles. The maximum atomic E-state index is 13.0. The molecule has 0 spiro atoms. The number of nitrogens with zero attached hydrogens (tertiary/aromatic N) is 1. The molecule has 0 saturated heterocycles. The monoisotopic (exact) mass is 181 g/mol. The summed E-state index contributed by atoms with van der Waals surface area (Å²) in [6, 6.07) is 2.83. The van der Waals surface area contributed by atoms with E-state index in [1.807, 2.05) is 0 Å². The molecule has 1 aromatic rings. The zero-order valence-corrected chi connectivity index (χ0v) is 7.75. The van der Waals surface area contributed by atoms with Crippen molar-refractivity contribution in [3.63, 3.8) is 0 Å². The summed E-state index contributed by atoms with van der Waals surface area (Å²) >= 11 is 0. The fourth-order valence-electron chi connectivity index (χ4n) is 0.918. The second-order valence-corrected chi connectivity index (χ2v) is 3.23. The molecule has 0 radical (unpaired) electrons. The Bertz CT molecular complexity index is 310. The minimum absolute atomic E-state index is 0.0117. The third-order valence-electron chi connectivity index (χ3n) is 1.82. The van der Waals surface area contributed by atoms with E-state index in [0.717, 1.165) is 0 Å². The molecule has 0 fully saturated rings. The number of aromatic nitrogens is 1. The van der Waals surface area contributed by atoms with E-state index in [2.05, 4.69) is 4.98 Å². The van der Waals surface area contributed by atoms with Crippen molar-refractivity contribution < 1.29 is 9.18 Å². The van der Waals surface area contributed by atoms with Crippen molar-refractivity contribution in [2.45, 2.75) is 20.3 Å². The van der Waals surface area contributed by atoms with Gasteiger partial charge in [-0.15, -0.1) is 0 Å². The average molecular weight is 181 g/mol. The van der Waals surface area contributed by atoms with Crippen molar-refractivity contribution in [3.05, 3.63) is 29.8 Å². The van der Waals surface area contributed by atoms with Gasteiger partial charge in [-0.1, -0.05) is 13.8 Å². The number of ketones is 1. The smallest absolute Gasteiger partial charge is 0.145 e. The molecular weight excluding hydrogens is 169 g/mol. The maximum absolute atomic E-state index is 13.0. The molecule has 2 nitrogen and oxygen atoms in total. The first kappa shape index (κ1) is 9.84. The van der Waals surface area contributed by atoms with Crippen LogP contribution < -0.4 is 0 Å². The summed E-state index contributed by atoms with van der Waals surface area (Å²) in [6.45, 7) is 3.59. The zero-order chi connectivity index (χ0) is 9.84. The van der Waals surface area contributed by atoms with Crippen LogP contribution in [-0.2, 0) is 11.2 Å². The molecular formula is C10H12FNO. The van der Waals surface area contributed by atoms with Gasteiger partial charge in [0.05, 0.1) is 12.1 Å². The Hall–Kier alpha value is -1.25. The highest BCUT2D eigenvalue weighted by Gasteiger charge is 2.11. The van der Waals surface area contributed by atoms with Crippen molar-refractivity contribution in [2.75, 3.05) is 0 Å². The molecule has 0 aliphatic rings. The fourth-order valence-corrected chi connectivity index (χ4v) is 0.918. The molecule has 0 unspecified atom stereocenters. The van der Waals surface area contributed by atoms with E-state index in [-0.39, 0.29) is 23.8 Å². The maximum Gasteiger partial charge on any atom is 0.145 e. The summed E-state index contributed by atoms with van der Waals surface area (Å²) < 4.78 is 13.0. The molecule has 0 bridgehead atoms. The molecule has 70 valence electrons. The molecule has 3 heteroatoms. The summed E-state index contributed by atoms with van der Waals surface area (Å²) in [5, 5.41) is 0. The van der Waals surface area contributed by atoms with Crippen LogP contribution in [0.1, 0.15) is 19.5 Å². The van der Waals surface area contributed by atoms with Crippen LogP contribution in [-0.4, -0.2) is 10.8 Å². The highest BCUT2D eigenvalue weighted by atomic mass is 19.1. The Morgan fingerprint density at radius 1 is 1.62 bits per heavy atom. The standard InChI is InChI=1S/C10H12FNO/c1-7(2)10(13)6-9-8(11)4-3-5-12-9/h3-5,7H,6H2,1-2H3. The number of hydrogen-bond donors (Lipinski definition) is 0. The molecule has 1 aromatic heterocycles. The van der Waals surface area contributed by atoms with Crippen LogP contribution in [0.15, 0.2) is 18.3 Å². The van der Waals surface area contributed by atoms with Crippen LogP contribution in [0.2, 0.25) is 0 Å². The fraction of sp³-hybridized carbons (Fsp3) is 0.400. The highest BCUT2D eigenvalue weighted by molar-refractivity contribution is 5.82. The molecule has 0 saturated carbocycles. The Balaban J connectivity index is 2.75.